The van der Waals surface area contributed by atoms with Gasteiger partial charge in [0.25, 0.3) is 12.0 Å². The number of hydrogen-bond acceptors (Lipinski definition) is 9. The lowest BCUT2D eigenvalue weighted by atomic mass is 9.66. The summed E-state index contributed by atoms with van der Waals surface area (Å²) < 4.78 is 9.92. The summed E-state index contributed by atoms with van der Waals surface area (Å²) in [5.41, 5.74) is -6.42. The third kappa shape index (κ3) is 7.14. The molecule has 16 heteroatoms. The standard InChI is InChI=1S/C39H51N5O11/c1-36(2,3)44(35(52)53)22-21-41(32(48)49)25-39(44,30(45)40-29-18-12-16-27-15-10-11-17-28(27)29)38(31(46)47)24-42(19-20-43(38)34(51)55-37(4,5)6)33(50)54-23-26-13-8-7-9-14-26/h7-11,13-15,17,29H,12,16,18-25H2,1-6H3,(H3-,40,45,46,47,48,49,52,53)/t29-,38?,39-,44?/m1/s1. The molecule has 2 saturated heterocycles. The number of hydrogen-bond donors (Lipinski definition) is 3. The van der Waals surface area contributed by atoms with Gasteiger partial charge in [0.2, 0.25) is 11.1 Å². The van der Waals surface area contributed by atoms with Gasteiger partial charge < -0.3 is 39.8 Å². The number of fused-ring (bicyclic) bond motifs is 1. The van der Waals surface area contributed by atoms with Crippen molar-refractivity contribution in [3.05, 3.63) is 71.3 Å². The van der Waals surface area contributed by atoms with Crippen LogP contribution in [0.4, 0.5) is 19.2 Å². The van der Waals surface area contributed by atoms with Gasteiger partial charge in [-0.25, -0.2) is 19.2 Å². The molecule has 2 heterocycles. The largest absolute Gasteiger partial charge is 0.498 e. The second-order valence-corrected chi connectivity index (χ2v) is 16.4. The van der Waals surface area contributed by atoms with Crippen LogP contribution in [0.15, 0.2) is 54.6 Å². The van der Waals surface area contributed by atoms with Crippen LogP contribution in [0.5, 0.6) is 0 Å². The maximum Gasteiger partial charge on any atom is 0.411 e. The van der Waals surface area contributed by atoms with Crippen molar-refractivity contribution in [3.63, 3.8) is 0 Å². The number of carbonyl (C=O) groups excluding carboxylic acids is 4. The van der Waals surface area contributed by atoms with Gasteiger partial charge >= 0.3 is 24.2 Å². The summed E-state index contributed by atoms with van der Waals surface area (Å²) >= 11 is 0. The van der Waals surface area contributed by atoms with Gasteiger partial charge in [-0.15, -0.1) is 0 Å². The predicted molar refractivity (Wildman–Crippen MR) is 194 cm³/mol. The number of nitrogens with zero attached hydrogens (tertiary/aromatic N) is 4. The number of amides is 5. The van der Waals surface area contributed by atoms with E-state index >= 15 is 4.79 Å². The van der Waals surface area contributed by atoms with E-state index in [0.717, 1.165) is 25.8 Å². The Labute approximate surface area is 320 Å². The summed E-state index contributed by atoms with van der Waals surface area (Å²) in [5, 5.41) is 39.3. The first kappa shape index (κ1) is 40.8. The first-order chi connectivity index (χ1) is 25.7. The van der Waals surface area contributed by atoms with Crippen molar-refractivity contribution in [2.75, 3.05) is 39.3 Å². The molecule has 4 atom stereocenters. The van der Waals surface area contributed by atoms with Crippen LogP contribution in [0.2, 0.25) is 0 Å². The van der Waals surface area contributed by atoms with E-state index in [-0.39, 0.29) is 13.2 Å². The van der Waals surface area contributed by atoms with E-state index in [1.807, 2.05) is 18.2 Å². The second kappa shape index (κ2) is 15.0. The average Bonchev–Trinajstić information content (AvgIpc) is 3.12. The van der Waals surface area contributed by atoms with Crippen LogP contribution in [0.1, 0.15) is 77.1 Å². The minimum Gasteiger partial charge on any atom is -0.498 e. The van der Waals surface area contributed by atoms with Crippen LogP contribution in [0.25, 0.3) is 0 Å². The van der Waals surface area contributed by atoms with Gasteiger partial charge in [0, 0.05) is 13.1 Å². The second-order valence-electron chi connectivity index (χ2n) is 16.4. The predicted octanol–water partition coefficient (Wildman–Crippen LogP) is 3.58. The summed E-state index contributed by atoms with van der Waals surface area (Å²) in [7, 11) is 0. The number of benzene rings is 2. The fourth-order valence-electron chi connectivity index (χ4n) is 8.69. The number of carbonyl (C=O) groups is 6. The summed E-state index contributed by atoms with van der Waals surface area (Å²) in [6, 6.07) is 15.3. The van der Waals surface area contributed by atoms with E-state index in [4.69, 9.17) is 9.47 Å². The van der Waals surface area contributed by atoms with Crippen molar-refractivity contribution < 1.29 is 58.0 Å². The van der Waals surface area contributed by atoms with Gasteiger partial charge in [-0.05, 0) is 77.5 Å². The Morgan fingerprint density at radius 1 is 0.873 bits per heavy atom. The molecule has 0 radical (unpaired) electrons. The summed E-state index contributed by atoms with van der Waals surface area (Å²) in [4.78, 5) is 88.1. The number of nitrogens with one attached hydrogen (secondary N) is 1. The van der Waals surface area contributed by atoms with Crippen molar-refractivity contribution in [2.24, 2.45) is 0 Å². The monoisotopic (exact) mass is 765 g/mol. The molecule has 2 aromatic rings. The minimum absolute atomic E-state index is 0.202. The average molecular weight is 766 g/mol. The fraction of sp³-hybridized carbons (Fsp3) is 0.538. The molecule has 5 rings (SSSR count). The van der Waals surface area contributed by atoms with Gasteiger partial charge in [-0.2, -0.15) is 0 Å². The highest BCUT2D eigenvalue weighted by Gasteiger charge is 2.81. The van der Waals surface area contributed by atoms with Gasteiger partial charge in [0.1, 0.15) is 18.8 Å². The van der Waals surface area contributed by atoms with E-state index in [1.165, 1.54) is 20.8 Å². The van der Waals surface area contributed by atoms with Crippen molar-refractivity contribution in [3.8, 4) is 0 Å². The summed E-state index contributed by atoms with van der Waals surface area (Å²) in [6.07, 6.45) is -3.90. The number of carboxylic acid groups (broad SMARTS) is 3. The lowest BCUT2D eigenvalue weighted by molar-refractivity contribution is -0.964. The van der Waals surface area contributed by atoms with E-state index in [2.05, 4.69) is 5.32 Å². The smallest absolute Gasteiger partial charge is 0.411 e. The molecule has 2 unspecified atom stereocenters. The molecule has 55 heavy (non-hydrogen) atoms. The topological polar surface area (TPSA) is 206 Å². The zero-order chi connectivity index (χ0) is 40.6. The minimum atomic E-state index is -3.00. The molecule has 2 aromatic carbocycles. The highest BCUT2D eigenvalue weighted by molar-refractivity contribution is 6.00. The van der Waals surface area contributed by atoms with Crippen molar-refractivity contribution >= 4 is 36.2 Å². The van der Waals surface area contributed by atoms with E-state index < -0.39 is 102 Å². The molecule has 0 spiro atoms. The zero-order valence-corrected chi connectivity index (χ0v) is 32.2. The number of rotatable bonds is 6. The van der Waals surface area contributed by atoms with Crippen LogP contribution in [0, 0.1) is 0 Å². The molecule has 0 saturated carbocycles. The highest BCUT2D eigenvalue weighted by Crippen LogP contribution is 2.50. The van der Waals surface area contributed by atoms with Crippen molar-refractivity contribution in [1.82, 2.24) is 20.0 Å². The molecule has 3 aliphatic rings. The van der Waals surface area contributed by atoms with Crippen LogP contribution in [0.3, 0.4) is 0 Å². The Morgan fingerprint density at radius 3 is 2.13 bits per heavy atom. The maximum absolute atomic E-state index is 15.8. The van der Waals surface area contributed by atoms with Crippen molar-refractivity contribution in [2.45, 2.75) is 95.7 Å². The Morgan fingerprint density at radius 2 is 1.53 bits per heavy atom. The third-order valence-corrected chi connectivity index (χ3v) is 11.1. The van der Waals surface area contributed by atoms with Crippen molar-refractivity contribution in [1.29, 1.82) is 0 Å². The quantitative estimate of drug-likeness (QED) is 0.363. The molecule has 298 valence electrons. The Balaban J connectivity index is 1.81. The highest BCUT2D eigenvalue weighted by atomic mass is 16.6. The summed E-state index contributed by atoms with van der Waals surface area (Å²) in [5.74, 6) is -3.01. The number of aliphatic carboxylic acids is 1. The Bertz CT molecular complexity index is 1830. The lowest BCUT2D eigenvalue weighted by Crippen LogP contribution is -2.96. The molecular formula is C39H51N5O11. The van der Waals surface area contributed by atoms with Gasteiger partial charge in [0.05, 0.1) is 31.2 Å². The summed E-state index contributed by atoms with van der Waals surface area (Å²) in [6.45, 7) is 5.05. The van der Waals surface area contributed by atoms with E-state index in [9.17, 15) is 39.3 Å². The van der Waals surface area contributed by atoms with Crippen LogP contribution >= 0.6 is 0 Å². The molecule has 5 amide bonds. The molecule has 1 aliphatic carbocycles. The van der Waals surface area contributed by atoms with Crippen LogP contribution in [-0.2, 0) is 32.1 Å². The third-order valence-electron chi connectivity index (χ3n) is 11.1. The Hall–Kier alpha value is -5.38. The first-order valence-corrected chi connectivity index (χ1v) is 18.4. The molecule has 3 N–H and O–H groups in total. The molecule has 0 aromatic heterocycles. The number of ether oxygens (including phenoxy) is 2. The molecular weight excluding hydrogens is 714 g/mol. The normalized spacial score (nSPS) is 25.6. The number of carboxylic acids is 1. The van der Waals surface area contributed by atoms with Gasteiger partial charge in [-0.1, -0.05) is 54.6 Å². The lowest BCUT2D eigenvalue weighted by Gasteiger charge is -2.67. The van der Waals surface area contributed by atoms with Crippen LogP contribution < -0.4 is 10.4 Å². The number of quaternary nitrogens is 1. The van der Waals surface area contributed by atoms with Crippen LogP contribution in [-0.4, -0.2) is 127 Å². The fourth-order valence-corrected chi connectivity index (χ4v) is 8.69. The van der Waals surface area contributed by atoms with Gasteiger partial charge in [0.15, 0.2) is 0 Å². The number of piperazine rings is 2. The molecule has 0 bridgehead atoms. The Kier molecular flexibility index (Phi) is 11.2. The molecule has 16 nitrogen and oxygen atoms in total. The zero-order valence-electron chi connectivity index (χ0n) is 32.2. The maximum atomic E-state index is 15.8. The van der Waals surface area contributed by atoms with E-state index in [0.29, 0.717) is 24.8 Å². The molecule has 2 aliphatic heterocycles. The first-order valence-electron chi connectivity index (χ1n) is 18.4. The molecule has 2 fully saturated rings. The SMILES string of the molecule is CC(C)(C)OC(=O)N1CCN(C(=O)OCc2ccccc2)CC1(C(=O)O)[C@]1(C(=O)N[C@@H]2CCCc3ccccc32)CN(C(=O)O)CC[N+]1(C(=O)[O-])C(C)(C)C. The number of aryl methyl sites for hydroxylation is 1. The van der Waals surface area contributed by atoms with E-state index in [1.54, 1.807) is 57.2 Å². The van der Waals surface area contributed by atoms with Gasteiger partial charge in [-0.3, -0.25) is 19.1 Å².